The second kappa shape index (κ2) is 5.42. The molecular formula is C13H11ClF2N2. The Bertz CT molecular complexity index is 543. The summed E-state index contributed by atoms with van der Waals surface area (Å²) in [6.07, 6.45) is 1.51. The van der Waals surface area contributed by atoms with Crippen molar-refractivity contribution in [3.8, 4) is 0 Å². The summed E-state index contributed by atoms with van der Waals surface area (Å²) in [5.74, 6) is -1.74. The summed E-state index contributed by atoms with van der Waals surface area (Å²) in [6, 6.07) is 6.92. The highest BCUT2D eigenvalue weighted by molar-refractivity contribution is 6.30. The maximum absolute atomic E-state index is 13.2. The van der Waals surface area contributed by atoms with Gasteiger partial charge in [-0.05, 0) is 36.9 Å². The molecule has 1 N–H and O–H groups in total. The molecule has 1 heterocycles. The van der Waals surface area contributed by atoms with E-state index in [1.54, 1.807) is 19.2 Å². The predicted molar refractivity (Wildman–Crippen MR) is 66.5 cm³/mol. The molecule has 1 atom stereocenters. The molecule has 0 fully saturated rings. The quantitative estimate of drug-likeness (QED) is 0.924. The Morgan fingerprint density at radius 3 is 2.50 bits per heavy atom. The summed E-state index contributed by atoms with van der Waals surface area (Å²) in [6.45, 7) is 0. The molecule has 0 aliphatic rings. The van der Waals surface area contributed by atoms with Crippen LogP contribution in [0.15, 0.2) is 36.5 Å². The van der Waals surface area contributed by atoms with Crippen LogP contribution in [0.25, 0.3) is 0 Å². The van der Waals surface area contributed by atoms with Crippen LogP contribution >= 0.6 is 11.6 Å². The normalized spacial score (nSPS) is 12.4. The van der Waals surface area contributed by atoms with Crippen LogP contribution in [-0.4, -0.2) is 12.0 Å². The molecule has 2 nitrogen and oxygen atoms in total. The third-order valence-corrected chi connectivity index (χ3v) is 2.84. The van der Waals surface area contributed by atoms with Crippen LogP contribution in [0, 0.1) is 11.6 Å². The van der Waals surface area contributed by atoms with Crippen molar-refractivity contribution in [2.45, 2.75) is 6.04 Å². The summed E-state index contributed by atoms with van der Waals surface area (Å²) in [5, 5.41) is 3.53. The first-order valence-corrected chi connectivity index (χ1v) is 5.73. The summed E-state index contributed by atoms with van der Waals surface area (Å²) in [7, 11) is 1.72. The highest BCUT2D eigenvalue weighted by atomic mass is 35.5. The highest BCUT2D eigenvalue weighted by Crippen LogP contribution is 2.22. The lowest BCUT2D eigenvalue weighted by Gasteiger charge is -2.16. The smallest absolute Gasteiger partial charge is 0.159 e. The van der Waals surface area contributed by atoms with Crippen LogP contribution in [0.4, 0.5) is 8.78 Å². The van der Waals surface area contributed by atoms with E-state index in [4.69, 9.17) is 11.6 Å². The van der Waals surface area contributed by atoms with Crippen molar-refractivity contribution in [1.29, 1.82) is 0 Å². The lowest BCUT2D eigenvalue weighted by Crippen LogP contribution is -2.19. The van der Waals surface area contributed by atoms with Gasteiger partial charge < -0.3 is 5.32 Å². The van der Waals surface area contributed by atoms with Crippen molar-refractivity contribution < 1.29 is 8.78 Å². The van der Waals surface area contributed by atoms with Gasteiger partial charge in [0, 0.05) is 6.20 Å². The molecule has 94 valence electrons. The summed E-state index contributed by atoms with van der Waals surface area (Å²) >= 11 is 5.76. The van der Waals surface area contributed by atoms with E-state index in [1.807, 2.05) is 0 Å². The van der Waals surface area contributed by atoms with Gasteiger partial charge in [-0.1, -0.05) is 17.7 Å². The molecule has 0 saturated carbocycles. The maximum atomic E-state index is 13.2. The number of aromatic nitrogens is 1. The van der Waals surface area contributed by atoms with Gasteiger partial charge in [0.15, 0.2) is 11.6 Å². The number of hydrogen-bond donors (Lipinski definition) is 1. The van der Waals surface area contributed by atoms with Crippen molar-refractivity contribution >= 4 is 11.6 Å². The van der Waals surface area contributed by atoms with Crippen molar-refractivity contribution in [1.82, 2.24) is 10.3 Å². The molecule has 2 aromatic rings. The summed E-state index contributed by atoms with van der Waals surface area (Å²) < 4.78 is 26.1. The Balaban J connectivity index is 2.38. The average Bonchev–Trinajstić information content (AvgIpc) is 2.37. The van der Waals surface area contributed by atoms with E-state index in [9.17, 15) is 8.78 Å². The standard InChI is InChI=1S/C13H11ClF2N2/c1-17-13(12-5-3-9(14)7-18-12)8-2-4-10(15)11(16)6-8/h2-7,13,17H,1H3. The van der Waals surface area contributed by atoms with Gasteiger partial charge in [0.1, 0.15) is 0 Å². The highest BCUT2D eigenvalue weighted by Gasteiger charge is 2.15. The molecule has 5 heteroatoms. The lowest BCUT2D eigenvalue weighted by atomic mass is 10.0. The van der Waals surface area contributed by atoms with Gasteiger partial charge in [-0.2, -0.15) is 0 Å². The third kappa shape index (κ3) is 2.66. The molecule has 0 aliphatic heterocycles. The zero-order valence-corrected chi connectivity index (χ0v) is 10.4. The fourth-order valence-electron chi connectivity index (χ4n) is 1.74. The van der Waals surface area contributed by atoms with Crippen molar-refractivity contribution in [2.75, 3.05) is 7.05 Å². The van der Waals surface area contributed by atoms with E-state index in [1.165, 1.54) is 12.3 Å². The van der Waals surface area contributed by atoms with Gasteiger partial charge in [0.25, 0.3) is 0 Å². The van der Waals surface area contributed by atoms with Gasteiger partial charge in [-0.3, -0.25) is 4.98 Å². The number of hydrogen-bond acceptors (Lipinski definition) is 2. The Labute approximate surface area is 109 Å². The lowest BCUT2D eigenvalue weighted by molar-refractivity contribution is 0.504. The fraction of sp³-hybridized carbons (Fsp3) is 0.154. The second-order valence-electron chi connectivity index (χ2n) is 3.80. The van der Waals surface area contributed by atoms with Crippen LogP contribution in [0.1, 0.15) is 17.3 Å². The van der Waals surface area contributed by atoms with Crippen molar-refractivity contribution in [3.05, 3.63) is 64.4 Å². The number of benzene rings is 1. The van der Waals surface area contributed by atoms with Crippen LogP contribution in [0.2, 0.25) is 5.02 Å². The zero-order chi connectivity index (χ0) is 13.1. The summed E-state index contributed by atoms with van der Waals surface area (Å²) in [4.78, 5) is 4.17. The van der Waals surface area contributed by atoms with E-state index in [0.29, 0.717) is 16.3 Å². The van der Waals surface area contributed by atoms with Gasteiger partial charge >= 0.3 is 0 Å². The van der Waals surface area contributed by atoms with Gasteiger partial charge in [0.2, 0.25) is 0 Å². The van der Waals surface area contributed by atoms with E-state index in [0.717, 1.165) is 12.1 Å². The molecule has 0 spiro atoms. The van der Waals surface area contributed by atoms with E-state index >= 15 is 0 Å². The van der Waals surface area contributed by atoms with E-state index in [2.05, 4.69) is 10.3 Å². The van der Waals surface area contributed by atoms with Crippen LogP contribution in [0.3, 0.4) is 0 Å². The largest absolute Gasteiger partial charge is 0.308 e. The van der Waals surface area contributed by atoms with Crippen LogP contribution in [0.5, 0.6) is 0 Å². The predicted octanol–water partition coefficient (Wildman–Crippen LogP) is 3.32. The number of nitrogens with one attached hydrogen (secondary N) is 1. The third-order valence-electron chi connectivity index (χ3n) is 2.61. The Kier molecular flexibility index (Phi) is 3.89. The first-order valence-electron chi connectivity index (χ1n) is 5.35. The minimum Gasteiger partial charge on any atom is -0.308 e. The number of nitrogens with zero attached hydrogens (tertiary/aromatic N) is 1. The number of halogens is 3. The molecule has 1 aromatic heterocycles. The van der Waals surface area contributed by atoms with Gasteiger partial charge in [-0.25, -0.2) is 8.78 Å². The summed E-state index contributed by atoms with van der Waals surface area (Å²) in [5.41, 5.74) is 1.29. The molecule has 1 aromatic carbocycles. The first kappa shape index (κ1) is 12.9. The molecule has 1 unspecified atom stereocenters. The average molecular weight is 269 g/mol. The molecule has 0 radical (unpaired) electrons. The monoisotopic (exact) mass is 268 g/mol. The maximum Gasteiger partial charge on any atom is 0.159 e. The molecule has 0 saturated heterocycles. The van der Waals surface area contributed by atoms with E-state index in [-0.39, 0.29) is 6.04 Å². The molecular weight excluding hydrogens is 258 g/mol. The molecule has 0 bridgehead atoms. The topological polar surface area (TPSA) is 24.9 Å². The zero-order valence-electron chi connectivity index (χ0n) is 9.62. The SMILES string of the molecule is CNC(c1ccc(F)c(F)c1)c1ccc(Cl)cn1. The fourth-order valence-corrected chi connectivity index (χ4v) is 1.85. The number of rotatable bonds is 3. The minimum atomic E-state index is -0.873. The Morgan fingerprint density at radius 1 is 1.17 bits per heavy atom. The molecule has 18 heavy (non-hydrogen) atoms. The number of pyridine rings is 1. The Hall–Kier alpha value is -1.52. The Morgan fingerprint density at radius 2 is 1.94 bits per heavy atom. The van der Waals surface area contributed by atoms with Crippen LogP contribution in [-0.2, 0) is 0 Å². The van der Waals surface area contributed by atoms with Crippen molar-refractivity contribution in [3.63, 3.8) is 0 Å². The van der Waals surface area contributed by atoms with Gasteiger partial charge in [0.05, 0.1) is 16.8 Å². The molecule has 0 aliphatic carbocycles. The minimum absolute atomic E-state index is 0.308. The second-order valence-corrected chi connectivity index (χ2v) is 4.23. The molecule has 2 rings (SSSR count). The van der Waals surface area contributed by atoms with Crippen LogP contribution < -0.4 is 5.32 Å². The van der Waals surface area contributed by atoms with E-state index < -0.39 is 11.6 Å². The molecule has 0 amide bonds. The van der Waals surface area contributed by atoms with Gasteiger partial charge in [-0.15, -0.1) is 0 Å². The van der Waals surface area contributed by atoms with Crippen molar-refractivity contribution in [2.24, 2.45) is 0 Å². The first-order chi connectivity index (χ1) is 8.61.